The van der Waals surface area contributed by atoms with Crippen molar-refractivity contribution in [3.8, 4) is 0 Å². The number of ether oxygens (including phenoxy) is 1. The monoisotopic (exact) mass is 587 g/mol. The van der Waals surface area contributed by atoms with E-state index in [1.807, 2.05) is 29.6 Å². The number of fused-ring (bicyclic) bond motifs is 2. The highest BCUT2D eigenvalue weighted by Gasteiger charge is 2.33. The molecule has 3 fully saturated rings. The fraction of sp³-hybridized carbons (Fsp3) is 0.448. The van der Waals surface area contributed by atoms with Gasteiger partial charge < -0.3 is 29.6 Å². The molecule has 3 aliphatic rings. The number of rotatable bonds is 5. The molecule has 2 N–H and O–H groups in total. The summed E-state index contributed by atoms with van der Waals surface area (Å²) in [4.78, 5) is 44.6. The van der Waals surface area contributed by atoms with Gasteiger partial charge in [0.25, 0.3) is 0 Å². The molecule has 6 heterocycles. The second-order valence-electron chi connectivity index (χ2n) is 11.2. The number of hydrogen-bond acceptors (Lipinski definition) is 10. The number of morpholine rings is 1. The number of aromatic nitrogens is 5. The Hall–Kier alpha value is -4.72. The van der Waals surface area contributed by atoms with E-state index in [0.29, 0.717) is 31.1 Å². The van der Waals surface area contributed by atoms with Crippen LogP contribution in [0.4, 0.5) is 33.0 Å². The molecule has 1 aromatic carbocycles. The molecule has 1 atom stereocenters. The lowest BCUT2D eigenvalue weighted by atomic mass is 9.98. The Labute approximate surface area is 247 Å². The minimum absolute atomic E-state index is 0.158. The predicted molar refractivity (Wildman–Crippen MR) is 160 cm³/mol. The highest BCUT2D eigenvalue weighted by Crippen LogP contribution is 2.39. The molecule has 0 aliphatic carbocycles. The number of hydrogen-bond donors (Lipinski definition) is 2. The Balaban J connectivity index is 1.36. The number of imide groups is 1. The number of nitrogens with zero attached hydrogens (tertiary/aromatic N) is 9. The van der Waals surface area contributed by atoms with E-state index >= 15 is 0 Å². The van der Waals surface area contributed by atoms with E-state index in [1.165, 1.54) is 0 Å². The Morgan fingerprint density at radius 3 is 2.44 bits per heavy atom. The van der Waals surface area contributed by atoms with E-state index < -0.39 is 18.1 Å². The number of aryl methyl sites for hydroxylation is 1. The van der Waals surface area contributed by atoms with Crippen LogP contribution in [0.3, 0.4) is 0 Å². The predicted octanol–water partition coefficient (Wildman–Crippen LogP) is 3.92. The van der Waals surface area contributed by atoms with E-state index in [2.05, 4.69) is 30.7 Å². The first-order valence-corrected chi connectivity index (χ1v) is 14.7. The molecule has 14 nitrogen and oxygen atoms in total. The van der Waals surface area contributed by atoms with Crippen molar-refractivity contribution in [1.82, 2.24) is 24.6 Å². The molecule has 0 spiro atoms. The van der Waals surface area contributed by atoms with Crippen LogP contribution in [0.2, 0.25) is 0 Å². The lowest BCUT2D eigenvalue weighted by Crippen LogP contribution is -2.40. The van der Waals surface area contributed by atoms with Crippen LogP contribution in [0.1, 0.15) is 43.0 Å². The first kappa shape index (κ1) is 27.1. The Kier molecular flexibility index (Phi) is 6.84. The van der Waals surface area contributed by atoms with E-state index in [-0.39, 0.29) is 10.9 Å². The molecule has 0 saturated carbocycles. The van der Waals surface area contributed by atoms with Crippen LogP contribution in [0.15, 0.2) is 30.3 Å². The van der Waals surface area contributed by atoms with Crippen LogP contribution in [-0.4, -0.2) is 92.9 Å². The molecule has 0 radical (unpaired) electrons. The standard InChI is InChI=1S/C29H33N9O5/c1-18-6-4-7-19-25(18)26(32-27(30-19)37(28(39)40)29(41)42)36-11-3-2-8-21(36)20-16-23-31-22(34-9-5-10-34)17-24(38(23)33-20)35-12-14-43-15-13-35/h4,6-7,16-17,21H,2-3,5,8-15H2,1H3,(H,39,40)(H,41,42). The smallest absolute Gasteiger partial charge is 0.424 e. The van der Waals surface area contributed by atoms with E-state index in [1.54, 1.807) is 6.07 Å². The van der Waals surface area contributed by atoms with E-state index in [9.17, 15) is 19.8 Å². The van der Waals surface area contributed by atoms with Crippen LogP contribution in [0, 0.1) is 6.92 Å². The molecule has 0 bridgehead atoms. The number of carboxylic acid groups (broad SMARTS) is 2. The molecule has 3 aliphatic heterocycles. The maximum Gasteiger partial charge on any atom is 0.424 e. The van der Waals surface area contributed by atoms with Crippen LogP contribution in [-0.2, 0) is 4.74 Å². The average molecular weight is 588 g/mol. The summed E-state index contributed by atoms with van der Waals surface area (Å²) < 4.78 is 7.53. The fourth-order valence-electron chi connectivity index (χ4n) is 6.22. The van der Waals surface area contributed by atoms with Crippen molar-refractivity contribution in [3.63, 3.8) is 0 Å². The minimum atomic E-state index is -1.67. The van der Waals surface area contributed by atoms with Gasteiger partial charge in [-0.25, -0.2) is 19.6 Å². The molecule has 4 aromatic rings. The van der Waals surface area contributed by atoms with Crippen molar-refractivity contribution in [2.75, 3.05) is 65.5 Å². The van der Waals surface area contributed by atoms with Gasteiger partial charge in [0.1, 0.15) is 17.5 Å². The summed E-state index contributed by atoms with van der Waals surface area (Å²) in [6.07, 6.45) is 0.486. The summed E-state index contributed by atoms with van der Waals surface area (Å²) in [7, 11) is 0. The molecule has 7 rings (SSSR count). The zero-order valence-corrected chi connectivity index (χ0v) is 23.9. The van der Waals surface area contributed by atoms with Gasteiger partial charge in [-0.05, 0) is 44.2 Å². The second-order valence-corrected chi connectivity index (χ2v) is 11.2. The Bertz CT molecular complexity index is 1700. The third kappa shape index (κ3) is 4.80. The Morgan fingerprint density at radius 2 is 1.72 bits per heavy atom. The lowest BCUT2D eigenvalue weighted by Gasteiger charge is -2.36. The second kappa shape index (κ2) is 10.8. The molecule has 14 heteroatoms. The normalized spacial score (nSPS) is 19.1. The lowest BCUT2D eigenvalue weighted by molar-refractivity contribution is 0.122. The van der Waals surface area contributed by atoms with Crippen molar-refractivity contribution in [2.24, 2.45) is 0 Å². The van der Waals surface area contributed by atoms with Gasteiger partial charge >= 0.3 is 12.2 Å². The molecule has 3 saturated heterocycles. The molecular formula is C29H33N9O5. The van der Waals surface area contributed by atoms with Gasteiger partial charge in [0, 0.05) is 50.2 Å². The molecule has 2 amide bonds. The third-order valence-corrected chi connectivity index (χ3v) is 8.53. The highest BCUT2D eigenvalue weighted by molar-refractivity contribution is 6.07. The van der Waals surface area contributed by atoms with Gasteiger partial charge in [-0.2, -0.15) is 14.6 Å². The molecule has 224 valence electrons. The van der Waals surface area contributed by atoms with Gasteiger partial charge in [-0.1, -0.05) is 12.1 Å². The van der Waals surface area contributed by atoms with Gasteiger partial charge in [-0.15, -0.1) is 4.90 Å². The van der Waals surface area contributed by atoms with Gasteiger partial charge in [0.05, 0.1) is 30.5 Å². The minimum Gasteiger partial charge on any atom is -0.464 e. The molecule has 43 heavy (non-hydrogen) atoms. The maximum atomic E-state index is 11.9. The van der Waals surface area contributed by atoms with Gasteiger partial charge in [0.2, 0.25) is 5.95 Å². The van der Waals surface area contributed by atoms with Gasteiger partial charge in [0.15, 0.2) is 5.65 Å². The average Bonchev–Trinajstić information content (AvgIpc) is 3.40. The van der Waals surface area contributed by atoms with Crippen LogP contribution >= 0.6 is 0 Å². The quantitative estimate of drug-likeness (QED) is 0.348. The molecular weight excluding hydrogens is 554 g/mol. The van der Waals surface area contributed by atoms with Crippen molar-refractivity contribution < 1.29 is 24.5 Å². The summed E-state index contributed by atoms with van der Waals surface area (Å²) in [5.74, 6) is 2.02. The van der Waals surface area contributed by atoms with E-state index in [0.717, 1.165) is 85.8 Å². The summed E-state index contributed by atoms with van der Waals surface area (Å²) in [6.45, 7) is 7.38. The van der Waals surface area contributed by atoms with Crippen molar-refractivity contribution >= 4 is 52.1 Å². The van der Waals surface area contributed by atoms with Crippen molar-refractivity contribution in [3.05, 3.63) is 41.6 Å². The number of carbonyl (C=O) groups is 2. The molecule has 1 unspecified atom stereocenters. The van der Waals surface area contributed by atoms with Gasteiger partial charge in [-0.3, -0.25) is 0 Å². The first-order valence-electron chi connectivity index (χ1n) is 14.7. The molecule has 3 aromatic heterocycles. The highest BCUT2D eigenvalue weighted by atomic mass is 16.5. The third-order valence-electron chi connectivity index (χ3n) is 8.53. The van der Waals surface area contributed by atoms with Crippen LogP contribution in [0.5, 0.6) is 0 Å². The van der Waals surface area contributed by atoms with Crippen molar-refractivity contribution in [2.45, 2.75) is 38.6 Å². The van der Waals surface area contributed by atoms with E-state index in [4.69, 9.17) is 14.8 Å². The number of piperidine rings is 1. The summed E-state index contributed by atoms with van der Waals surface area (Å²) in [6, 6.07) is 9.48. The number of anilines is 4. The zero-order chi connectivity index (χ0) is 29.7. The number of amides is 2. The number of benzene rings is 1. The summed E-state index contributed by atoms with van der Waals surface area (Å²) in [5.41, 5.74) is 2.98. The first-order chi connectivity index (χ1) is 20.9. The zero-order valence-electron chi connectivity index (χ0n) is 23.9. The van der Waals surface area contributed by atoms with Crippen LogP contribution in [0.25, 0.3) is 16.6 Å². The fourth-order valence-corrected chi connectivity index (χ4v) is 6.22. The summed E-state index contributed by atoms with van der Waals surface area (Å²) >= 11 is 0. The Morgan fingerprint density at radius 1 is 0.930 bits per heavy atom. The van der Waals surface area contributed by atoms with Crippen molar-refractivity contribution in [1.29, 1.82) is 0 Å². The largest absolute Gasteiger partial charge is 0.464 e. The summed E-state index contributed by atoms with van der Waals surface area (Å²) in [5, 5.41) is 25.2. The van der Waals surface area contributed by atoms with Crippen LogP contribution < -0.4 is 19.6 Å². The SMILES string of the molecule is Cc1cccc2nc(N(C(=O)O)C(=O)O)nc(N3CCCCC3c3cc4nc(N5CCC5)cc(N5CCOCC5)n4n3)c12. The topological polar surface area (TPSA) is 153 Å². The maximum absolute atomic E-state index is 11.9.